The number of aromatic hydroxyl groups is 2. The second-order valence-electron chi connectivity index (χ2n) is 6.22. The van der Waals surface area contributed by atoms with E-state index in [9.17, 15) is 19.8 Å². The minimum atomic E-state index is -0.720. The summed E-state index contributed by atoms with van der Waals surface area (Å²) in [7, 11) is 0. The average Bonchev–Trinajstić information content (AvgIpc) is 3.02. The van der Waals surface area contributed by atoms with Gasteiger partial charge in [0.05, 0.1) is 11.3 Å². The molecule has 1 aromatic rings. The molecule has 0 aliphatic carbocycles. The SMILES string of the molecule is CCC(C)(C)C(=O)C(=O)N1CCC=C1c1c(O)[nH]c(O)c1C. The molecule has 0 unspecified atom stereocenters. The zero-order chi connectivity index (χ0) is 16.7. The number of carbonyl (C=O) groups excluding carboxylic acids is 2. The Kier molecular flexibility index (Phi) is 4.04. The largest absolute Gasteiger partial charge is 0.494 e. The second kappa shape index (κ2) is 5.51. The molecule has 1 amide bonds. The summed E-state index contributed by atoms with van der Waals surface area (Å²) in [6.45, 7) is 7.40. The van der Waals surface area contributed by atoms with Crippen LogP contribution < -0.4 is 0 Å². The minimum absolute atomic E-state index is 0.145. The summed E-state index contributed by atoms with van der Waals surface area (Å²) >= 11 is 0. The summed E-state index contributed by atoms with van der Waals surface area (Å²) in [6, 6.07) is 0. The van der Waals surface area contributed by atoms with Crippen molar-refractivity contribution >= 4 is 17.4 Å². The molecule has 0 fully saturated rings. The molecule has 0 saturated carbocycles. The highest BCUT2D eigenvalue weighted by molar-refractivity contribution is 6.39. The predicted molar refractivity (Wildman–Crippen MR) is 82.2 cm³/mol. The number of nitrogens with zero attached hydrogens (tertiary/aromatic N) is 1. The third-order valence-electron chi connectivity index (χ3n) is 4.38. The summed E-state index contributed by atoms with van der Waals surface area (Å²) in [5, 5.41) is 19.6. The van der Waals surface area contributed by atoms with Crippen LogP contribution in [-0.4, -0.2) is 38.3 Å². The Bertz CT molecular complexity index is 655. The number of aromatic nitrogens is 1. The Morgan fingerprint density at radius 2 is 1.95 bits per heavy atom. The van der Waals surface area contributed by atoms with Crippen LogP contribution in [-0.2, 0) is 9.59 Å². The molecular formula is C16H22N2O4. The zero-order valence-corrected chi connectivity index (χ0v) is 13.4. The quantitative estimate of drug-likeness (QED) is 0.744. The topological polar surface area (TPSA) is 93.6 Å². The first-order valence-electron chi connectivity index (χ1n) is 7.38. The van der Waals surface area contributed by atoms with E-state index in [4.69, 9.17) is 0 Å². The predicted octanol–water partition coefficient (Wildman–Crippen LogP) is 2.31. The number of carbonyl (C=O) groups is 2. The second-order valence-corrected chi connectivity index (χ2v) is 6.22. The first kappa shape index (κ1) is 16.1. The average molecular weight is 306 g/mol. The van der Waals surface area contributed by atoms with Gasteiger partial charge in [-0.2, -0.15) is 0 Å². The number of rotatable bonds is 4. The fraction of sp³-hybridized carbons (Fsp3) is 0.500. The number of aromatic amines is 1. The highest BCUT2D eigenvalue weighted by atomic mass is 16.3. The van der Waals surface area contributed by atoms with Gasteiger partial charge in [0.25, 0.3) is 5.91 Å². The summed E-state index contributed by atoms with van der Waals surface area (Å²) in [5.41, 5.74) is 0.565. The molecule has 1 aliphatic rings. The van der Waals surface area contributed by atoms with Crippen molar-refractivity contribution in [3.63, 3.8) is 0 Å². The van der Waals surface area contributed by atoms with E-state index in [1.165, 1.54) is 4.90 Å². The van der Waals surface area contributed by atoms with E-state index in [2.05, 4.69) is 4.98 Å². The van der Waals surface area contributed by atoms with E-state index in [0.29, 0.717) is 36.2 Å². The summed E-state index contributed by atoms with van der Waals surface area (Å²) in [6.07, 6.45) is 2.96. The van der Waals surface area contributed by atoms with E-state index < -0.39 is 17.1 Å². The molecule has 0 atom stereocenters. The lowest BCUT2D eigenvalue weighted by molar-refractivity contribution is -0.147. The summed E-state index contributed by atoms with van der Waals surface area (Å²) < 4.78 is 0. The number of ketones is 1. The highest BCUT2D eigenvalue weighted by Crippen LogP contribution is 2.38. The molecule has 3 N–H and O–H groups in total. The maximum absolute atomic E-state index is 12.5. The van der Waals surface area contributed by atoms with Crippen LogP contribution in [0.5, 0.6) is 11.8 Å². The standard InChI is InChI=1S/C16H22N2O4/c1-5-16(3,4)12(19)15(22)18-8-6-7-10(18)11-9(2)13(20)17-14(11)21/h7,17,20-21H,5-6,8H2,1-4H3. The summed E-state index contributed by atoms with van der Waals surface area (Å²) in [5.74, 6) is -1.37. The third kappa shape index (κ3) is 2.49. The Balaban J connectivity index is 2.36. The van der Waals surface area contributed by atoms with E-state index in [0.717, 1.165) is 0 Å². The van der Waals surface area contributed by atoms with E-state index in [1.54, 1.807) is 26.8 Å². The van der Waals surface area contributed by atoms with E-state index in [-0.39, 0.29) is 11.8 Å². The lowest BCUT2D eigenvalue weighted by atomic mass is 9.84. The molecule has 22 heavy (non-hydrogen) atoms. The maximum Gasteiger partial charge on any atom is 0.294 e. The van der Waals surface area contributed by atoms with Crippen molar-refractivity contribution in [3.8, 4) is 11.8 Å². The Hall–Kier alpha value is -2.24. The van der Waals surface area contributed by atoms with Crippen LogP contribution in [0.25, 0.3) is 5.70 Å². The fourth-order valence-corrected chi connectivity index (χ4v) is 2.46. The molecule has 1 aliphatic heterocycles. The van der Waals surface area contributed by atoms with Crippen LogP contribution in [0.2, 0.25) is 0 Å². The fourth-order valence-electron chi connectivity index (χ4n) is 2.46. The number of amides is 1. The molecular weight excluding hydrogens is 284 g/mol. The van der Waals surface area contributed by atoms with Crippen molar-refractivity contribution in [1.82, 2.24) is 9.88 Å². The van der Waals surface area contributed by atoms with Crippen LogP contribution in [0.15, 0.2) is 6.08 Å². The van der Waals surface area contributed by atoms with Gasteiger partial charge in [0.15, 0.2) is 5.88 Å². The molecule has 2 heterocycles. The third-order valence-corrected chi connectivity index (χ3v) is 4.38. The van der Waals surface area contributed by atoms with Crippen molar-refractivity contribution in [2.24, 2.45) is 5.41 Å². The number of H-pyrrole nitrogens is 1. The van der Waals surface area contributed by atoms with Crippen molar-refractivity contribution in [2.75, 3.05) is 6.54 Å². The van der Waals surface area contributed by atoms with E-state index >= 15 is 0 Å². The molecule has 0 bridgehead atoms. The van der Waals surface area contributed by atoms with Crippen LogP contribution in [0, 0.1) is 12.3 Å². The van der Waals surface area contributed by atoms with Crippen molar-refractivity contribution in [1.29, 1.82) is 0 Å². The van der Waals surface area contributed by atoms with Gasteiger partial charge in [0, 0.05) is 17.5 Å². The van der Waals surface area contributed by atoms with E-state index in [1.807, 2.05) is 6.92 Å². The molecule has 120 valence electrons. The van der Waals surface area contributed by atoms with Gasteiger partial charge in [0.1, 0.15) is 0 Å². The number of hydrogen-bond donors (Lipinski definition) is 3. The molecule has 0 radical (unpaired) electrons. The molecule has 6 heteroatoms. The van der Waals surface area contributed by atoms with Gasteiger partial charge in [-0.05, 0) is 19.8 Å². The zero-order valence-electron chi connectivity index (χ0n) is 13.4. The van der Waals surface area contributed by atoms with Crippen LogP contribution >= 0.6 is 0 Å². The Morgan fingerprint density at radius 3 is 2.45 bits per heavy atom. The normalized spacial score (nSPS) is 15.1. The first-order chi connectivity index (χ1) is 10.2. The monoisotopic (exact) mass is 306 g/mol. The smallest absolute Gasteiger partial charge is 0.294 e. The number of hydrogen-bond acceptors (Lipinski definition) is 4. The van der Waals surface area contributed by atoms with Crippen molar-refractivity contribution < 1.29 is 19.8 Å². The summed E-state index contributed by atoms with van der Waals surface area (Å²) in [4.78, 5) is 28.8. The number of Topliss-reactive ketones (excluding diaryl/α,β-unsaturated/α-hetero) is 1. The first-order valence-corrected chi connectivity index (χ1v) is 7.38. The van der Waals surface area contributed by atoms with Crippen molar-refractivity contribution in [3.05, 3.63) is 17.2 Å². The molecule has 0 spiro atoms. The van der Waals surface area contributed by atoms with Crippen LogP contribution in [0.1, 0.15) is 44.7 Å². The Morgan fingerprint density at radius 1 is 1.32 bits per heavy atom. The lowest BCUT2D eigenvalue weighted by Gasteiger charge is -2.25. The van der Waals surface area contributed by atoms with Crippen molar-refractivity contribution in [2.45, 2.75) is 40.5 Å². The molecule has 0 saturated heterocycles. The van der Waals surface area contributed by atoms with Gasteiger partial charge in [-0.25, -0.2) is 0 Å². The molecule has 1 aromatic heterocycles. The van der Waals surface area contributed by atoms with Crippen LogP contribution in [0.3, 0.4) is 0 Å². The lowest BCUT2D eigenvalue weighted by Crippen LogP contribution is -2.40. The van der Waals surface area contributed by atoms with Crippen LogP contribution in [0.4, 0.5) is 0 Å². The molecule has 0 aromatic carbocycles. The van der Waals surface area contributed by atoms with Gasteiger partial charge in [-0.15, -0.1) is 0 Å². The maximum atomic E-state index is 12.5. The molecule has 2 rings (SSSR count). The van der Waals surface area contributed by atoms with Gasteiger partial charge < -0.3 is 15.1 Å². The van der Waals surface area contributed by atoms with Gasteiger partial charge >= 0.3 is 0 Å². The highest BCUT2D eigenvalue weighted by Gasteiger charge is 2.37. The molecule has 6 nitrogen and oxygen atoms in total. The van der Waals surface area contributed by atoms with Gasteiger partial charge in [-0.3, -0.25) is 14.6 Å². The minimum Gasteiger partial charge on any atom is -0.494 e. The number of nitrogens with one attached hydrogen (secondary N) is 1. The van der Waals surface area contributed by atoms with Gasteiger partial charge in [-0.1, -0.05) is 26.8 Å². The van der Waals surface area contributed by atoms with Gasteiger partial charge in [0.2, 0.25) is 11.7 Å². The Labute approximate surface area is 129 Å².